The summed E-state index contributed by atoms with van der Waals surface area (Å²) in [6.45, 7) is 5.08. The first-order chi connectivity index (χ1) is 5.59. The molecule has 0 radical (unpaired) electrons. The molecule has 4 nitrogen and oxygen atoms in total. The zero-order chi connectivity index (χ0) is 9.14. The van der Waals surface area contributed by atoms with Gasteiger partial charge in [0.15, 0.2) is 6.10 Å². The highest BCUT2D eigenvalue weighted by atomic mass is 16.7. The minimum absolute atomic E-state index is 0.103. The monoisotopic (exact) mass is 171 g/mol. The van der Waals surface area contributed by atoms with Crippen molar-refractivity contribution >= 4 is 11.7 Å². The van der Waals surface area contributed by atoms with Gasteiger partial charge in [0.2, 0.25) is 0 Å². The largest absolute Gasteiger partial charge is 0.459 e. The number of hydrogen-bond donors (Lipinski definition) is 0. The van der Waals surface area contributed by atoms with Crippen molar-refractivity contribution in [2.24, 2.45) is 5.16 Å². The lowest BCUT2D eigenvalue weighted by atomic mass is 10.1. The van der Waals surface area contributed by atoms with Crippen molar-refractivity contribution in [2.75, 3.05) is 0 Å². The fourth-order valence-electron chi connectivity index (χ4n) is 1.11. The third kappa shape index (κ3) is 2.22. The average molecular weight is 171 g/mol. The van der Waals surface area contributed by atoms with Gasteiger partial charge in [0.05, 0.1) is 5.71 Å². The summed E-state index contributed by atoms with van der Waals surface area (Å²) in [5.74, 6) is -0.282. The minimum atomic E-state index is -0.282. The molecule has 2 atom stereocenters. The van der Waals surface area contributed by atoms with Gasteiger partial charge in [-0.25, -0.2) is 0 Å². The number of hydrogen-bond acceptors (Lipinski definition) is 4. The van der Waals surface area contributed by atoms with E-state index in [2.05, 4.69) is 5.16 Å². The molecule has 0 N–H and O–H groups in total. The molecule has 0 aromatic carbocycles. The molecule has 1 heterocycles. The second kappa shape index (κ2) is 3.56. The first-order valence-electron chi connectivity index (χ1n) is 3.96. The standard InChI is InChI=1S/C8H13NO3/c1-5-4-8(12-9-5)6(2)11-7(3)10/h6,8H,4H2,1-3H3/t6-,8-/m0/s1. The van der Waals surface area contributed by atoms with E-state index in [0.717, 1.165) is 12.1 Å². The first-order valence-corrected chi connectivity index (χ1v) is 3.96. The number of esters is 1. The van der Waals surface area contributed by atoms with E-state index in [9.17, 15) is 4.79 Å². The van der Waals surface area contributed by atoms with Gasteiger partial charge in [-0.15, -0.1) is 0 Å². The Morgan fingerprint density at radius 1 is 1.83 bits per heavy atom. The molecule has 12 heavy (non-hydrogen) atoms. The quantitative estimate of drug-likeness (QED) is 0.584. The normalized spacial score (nSPS) is 24.2. The fraction of sp³-hybridized carbons (Fsp3) is 0.750. The summed E-state index contributed by atoms with van der Waals surface area (Å²) in [7, 11) is 0. The Bertz CT molecular complexity index is 212. The van der Waals surface area contributed by atoms with E-state index < -0.39 is 0 Å². The van der Waals surface area contributed by atoms with E-state index in [-0.39, 0.29) is 18.2 Å². The van der Waals surface area contributed by atoms with Crippen molar-refractivity contribution in [3.8, 4) is 0 Å². The van der Waals surface area contributed by atoms with Gasteiger partial charge in [-0.2, -0.15) is 0 Å². The van der Waals surface area contributed by atoms with Crippen molar-refractivity contribution in [1.29, 1.82) is 0 Å². The molecule has 1 aliphatic heterocycles. The van der Waals surface area contributed by atoms with Gasteiger partial charge in [-0.1, -0.05) is 5.16 Å². The molecule has 0 unspecified atom stereocenters. The maximum atomic E-state index is 10.6. The van der Waals surface area contributed by atoms with Gasteiger partial charge in [-0.3, -0.25) is 4.79 Å². The third-order valence-corrected chi connectivity index (χ3v) is 1.72. The third-order valence-electron chi connectivity index (χ3n) is 1.72. The summed E-state index contributed by atoms with van der Waals surface area (Å²) < 4.78 is 4.95. The van der Waals surface area contributed by atoms with Gasteiger partial charge < -0.3 is 9.57 Å². The van der Waals surface area contributed by atoms with Crippen molar-refractivity contribution in [2.45, 2.75) is 39.4 Å². The Labute approximate surface area is 71.5 Å². The molecule has 0 aromatic heterocycles. The lowest BCUT2D eigenvalue weighted by Gasteiger charge is -2.16. The van der Waals surface area contributed by atoms with Crippen LogP contribution in [0.3, 0.4) is 0 Å². The Balaban J connectivity index is 2.35. The zero-order valence-electron chi connectivity index (χ0n) is 7.53. The summed E-state index contributed by atoms with van der Waals surface area (Å²) in [5, 5.41) is 3.77. The van der Waals surface area contributed by atoms with Crippen LogP contribution in [0, 0.1) is 0 Å². The molecular formula is C8H13NO3. The molecule has 1 aliphatic rings. The maximum Gasteiger partial charge on any atom is 0.303 e. The smallest absolute Gasteiger partial charge is 0.303 e. The molecule has 0 saturated carbocycles. The fourth-order valence-corrected chi connectivity index (χ4v) is 1.11. The van der Waals surface area contributed by atoms with E-state index in [4.69, 9.17) is 9.57 Å². The van der Waals surface area contributed by atoms with Crippen molar-refractivity contribution in [1.82, 2.24) is 0 Å². The summed E-state index contributed by atoms with van der Waals surface area (Å²) in [6.07, 6.45) is 0.423. The van der Waals surface area contributed by atoms with Crippen LogP contribution in [-0.2, 0) is 14.4 Å². The molecule has 1 rings (SSSR count). The highest BCUT2D eigenvalue weighted by molar-refractivity contribution is 5.82. The summed E-state index contributed by atoms with van der Waals surface area (Å²) in [5.41, 5.74) is 0.944. The molecule has 68 valence electrons. The lowest BCUT2D eigenvalue weighted by Crippen LogP contribution is -2.27. The Morgan fingerprint density at radius 3 is 2.92 bits per heavy atom. The molecule has 0 aliphatic carbocycles. The van der Waals surface area contributed by atoms with Crippen molar-refractivity contribution in [3.05, 3.63) is 0 Å². The molecule has 0 bridgehead atoms. The first kappa shape index (κ1) is 9.03. The second-order valence-electron chi connectivity index (χ2n) is 2.99. The second-order valence-corrected chi connectivity index (χ2v) is 2.99. The van der Waals surface area contributed by atoms with Crippen LogP contribution < -0.4 is 0 Å². The molecule has 4 heteroatoms. The maximum absolute atomic E-state index is 10.6. The van der Waals surface area contributed by atoms with Gasteiger partial charge in [0.25, 0.3) is 0 Å². The lowest BCUT2D eigenvalue weighted by molar-refractivity contribution is -0.152. The van der Waals surface area contributed by atoms with E-state index in [1.165, 1.54) is 6.92 Å². The average Bonchev–Trinajstić information content (AvgIpc) is 2.34. The van der Waals surface area contributed by atoms with Gasteiger partial charge in [0.1, 0.15) is 6.10 Å². The van der Waals surface area contributed by atoms with Crippen molar-refractivity contribution < 1.29 is 14.4 Å². The van der Waals surface area contributed by atoms with Crippen LogP contribution in [0.1, 0.15) is 27.2 Å². The molecule has 0 spiro atoms. The Kier molecular flexibility index (Phi) is 2.68. The number of oxime groups is 1. The minimum Gasteiger partial charge on any atom is -0.459 e. The van der Waals surface area contributed by atoms with Crippen LogP contribution in [0.2, 0.25) is 0 Å². The van der Waals surface area contributed by atoms with Crippen LogP contribution >= 0.6 is 0 Å². The van der Waals surface area contributed by atoms with E-state index in [1.807, 2.05) is 6.92 Å². The van der Waals surface area contributed by atoms with Crippen LogP contribution in [0.5, 0.6) is 0 Å². The Hall–Kier alpha value is -1.06. The summed E-state index contributed by atoms with van der Waals surface area (Å²) >= 11 is 0. The van der Waals surface area contributed by atoms with Gasteiger partial charge in [-0.05, 0) is 13.8 Å². The topological polar surface area (TPSA) is 47.9 Å². The van der Waals surface area contributed by atoms with Crippen molar-refractivity contribution in [3.63, 3.8) is 0 Å². The zero-order valence-corrected chi connectivity index (χ0v) is 7.53. The number of rotatable bonds is 2. The van der Waals surface area contributed by atoms with Crippen LogP contribution in [0.4, 0.5) is 0 Å². The Morgan fingerprint density at radius 2 is 2.50 bits per heavy atom. The summed E-state index contributed by atoms with van der Waals surface area (Å²) in [4.78, 5) is 15.6. The number of carbonyl (C=O) groups is 1. The molecule has 0 amide bonds. The number of ether oxygens (including phenoxy) is 1. The molecule has 0 fully saturated rings. The number of carbonyl (C=O) groups excluding carboxylic acids is 1. The molecule has 0 aromatic rings. The van der Waals surface area contributed by atoms with E-state index in [1.54, 1.807) is 6.92 Å². The van der Waals surface area contributed by atoms with Gasteiger partial charge in [0, 0.05) is 13.3 Å². The van der Waals surface area contributed by atoms with E-state index in [0.29, 0.717) is 0 Å². The highest BCUT2D eigenvalue weighted by Gasteiger charge is 2.26. The highest BCUT2D eigenvalue weighted by Crippen LogP contribution is 2.15. The molecular weight excluding hydrogens is 158 g/mol. The van der Waals surface area contributed by atoms with E-state index >= 15 is 0 Å². The predicted octanol–water partition coefficient (Wildman–Crippen LogP) is 1.10. The van der Waals surface area contributed by atoms with Crippen LogP contribution in [-0.4, -0.2) is 23.9 Å². The van der Waals surface area contributed by atoms with Gasteiger partial charge >= 0.3 is 5.97 Å². The molecule has 0 saturated heterocycles. The predicted molar refractivity (Wildman–Crippen MR) is 43.8 cm³/mol. The SMILES string of the molecule is CC(=O)O[C@@H](C)[C@@H]1CC(C)=NO1. The summed E-state index contributed by atoms with van der Waals surface area (Å²) in [6, 6.07) is 0. The van der Waals surface area contributed by atoms with Crippen LogP contribution in [0.25, 0.3) is 0 Å². The van der Waals surface area contributed by atoms with Crippen LogP contribution in [0.15, 0.2) is 5.16 Å². The number of nitrogens with zero attached hydrogens (tertiary/aromatic N) is 1.